The number of ether oxygens (including phenoxy) is 2. The Bertz CT molecular complexity index is 756. The summed E-state index contributed by atoms with van der Waals surface area (Å²) in [6, 6.07) is 7.73. The molecule has 2 heterocycles. The molecular formula is C19H24BNO5. The van der Waals surface area contributed by atoms with Crippen LogP contribution >= 0.6 is 0 Å². The van der Waals surface area contributed by atoms with Crippen LogP contribution in [0.5, 0.6) is 11.5 Å². The van der Waals surface area contributed by atoms with E-state index in [1.807, 2.05) is 24.3 Å². The number of rotatable bonds is 7. The maximum absolute atomic E-state index is 9.90. The van der Waals surface area contributed by atoms with Crippen molar-refractivity contribution in [1.82, 2.24) is 4.98 Å². The van der Waals surface area contributed by atoms with Crippen molar-refractivity contribution in [3.63, 3.8) is 0 Å². The number of aliphatic hydroxyl groups is 1. The van der Waals surface area contributed by atoms with Gasteiger partial charge in [0.15, 0.2) is 11.5 Å². The molecule has 1 aromatic heterocycles. The van der Waals surface area contributed by atoms with Crippen LogP contribution in [0.25, 0.3) is 11.1 Å². The van der Waals surface area contributed by atoms with Crippen LogP contribution in [0, 0.1) is 0 Å². The van der Waals surface area contributed by atoms with Gasteiger partial charge in [-0.3, -0.25) is 4.98 Å². The van der Waals surface area contributed by atoms with E-state index < -0.39 is 12.5 Å². The molecular weight excluding hydrogens is 333 g/mol. The van der Waals surface area contributed by atoms with Gasteiger partial charge in [-0.15, -0.1) is 0 Å². The van der Waals surface area contributed by atoms with Crippen molar-refractivity contribution in [2.75, 3.05) is 26.9 Å². The molecule has 1 saturated heterocycles. The van der Waals surface area contributed by atoms with Crippen molar-refractivity contribution in [3.05, 3.63) is 42.2 Å². The molecule has 138 valence electrons. The zero-order valence-corrected chi connectivity index (χ0v) is 15.1. The number of nitrogens with zero attached hydrogens (tertiary/aromatic N) is 1. The highest BCUT2D eigenvalue weighted by molar-refractivity contribution is 6.44. The van der Waals surface area contributed by atoms with E-state index in [2.05, 4.69) is 11.9 Å². The minimum Gasteiger partial charge on any atom is -0.493 e. The van der Waals surface area contributed by atoms with Crippen LogP contribution in [-0.4, -0.2) is 49.2 Å². The first-order chi connectivity index (χ1) is 12.6. The van der Waals surface area contributed by atoms with Crippen LogP contribution in [-0.2, 0) is 10.1 Å². The SMILES string of the molecule is CCCOc1cc(-c2cncc([C@]3(CO)COB(O)C3)c2)ccc1OC. The fourth-order valence-corrected chi connectivity index (χ4v) is 3.18. The lowest BCUT2D eigenvalue weighted by atomic mass is 9.69. The Morgan fingerprint density at radius 3 is 2.73 bits per heavy atom. The zero-order valence-electron chi connectivity index (χ0n) is 15.1. The quantitative estimate of drug-likeness (QED) is 0.740. The van der Waals surface area contributed by atoms with Crippen LogP contribution in [0.3, 0.4) is 0 Å². The number of hydrogen-bond acceptors (Lipinski definition) is 6. The smallest absolute Gasteiger partial charge is 0.455 e. The Kier molecular flexibility index (Phi) is 5.81. The summed E-state index contributed by atoms with van der Waals surface area (Å²) in [5.41, 5.74) is 2.07. The standard InChI is InChI=1S/C19H24BNO5/c1-3-6-25-18-8-14(4-5-17(18)24-2)15-7-16(10-21-9-15)19(12-22)11-20(23)26-13-19/h4-5,7-10,22-23H,3,6,11-13H2,1-2H3/t19-/m1/s1. The number of methoxy groups -OCH3 is 1. The van der Waals surface area contributed by atoms with Crippen LogP contribution in [0.4, 0.5) is 0 Å². The van der Waals surface area contributed by atoms with Gasteiger partial charge in [0.1, 0.15) is 0 Å². The summed E-state index contributed by atoms with van der Waals surface area (Å²) in [6.45, 7) is 2.82. The highest BCUT2D eigenvalue weighted by atomic mass is 16.5. The van der Waals surface area contributed by atoms with E-state index in [0.29, 0.717) is 24.4 Å². The molecule has 7 heteroatoms. The minimum atomic E-state index is -0.860. The third kappa shape index (κ3) is 3.70. The van der Waals surface area contributed by atoms with E-state index in [4.69, 9.17) is 14.1 Å². The lowest BCUT2D eigenvalue weighted by molar-refractivity contribution is 0.167. The molecule has 1 aliphatic heterocycles. The number of hydrogen-bond donors (Lipinski definition) is 2. The molecule has 0 bridgehead atoms. The first kappa shape index (κ1) is 18.7. The topological polar surface area (TPSA) is 81.0 Å². The first-order valence-electron chi connectivity index (χ1n) is 8.79. The summed E-state index contributed by atoms with van der Waals surface area (Å²) in [5, 5.41) is 19.6. The predicted octanol–water partition coefficient (Wildman–Crippen LogP) is 2.29. The minimum absolute atomic E-state index is 0.108. The normalized spacial score (nSPS) is 19.6. The van der Waals surface area contributed by atoms with Gasteiger partial charge >= 0.3 is 7.12 Å². The van der Waals surface area contributed by atoms with E-state index in [0.717, 1.165) is 23.1 Å². The monoisotopic (exact) mass is 357 g/mol. The first-order valence-corrected chi connectivity index (χ1v) is 8.79. The lowest BCUT2D eigenvalue weighted by Gasteiger charge is -2.25. The molecule has 1 fully saturated rings. The molecule has 2 N–H and O–H groups in total. The fraction of sp³-hybridized carbons (Fsp3) is 0.421. The Balaban J connectivity index is 1.95. The van der Waals surface area contributed by atoms with E-state index in [-0.39, 0.29) is 13.2 Å². The van der Waals surface area contributed by atoms with E-state index in [1.54, 1.807) is 19.5 Å². The highest BCUT2D eigenvalue weighted by Gasteiger charge is 2.43. The second kappa shape index (κ2) is 8.08. The Morgan fingerprint density at radius 2 is 2.08 bits per heavy atom. The molecule has 0 unspecified atom stereocenters. The summed E-state index contributed by atoms with van der Waals surface area (Å²) in [7, 11) is 0.757. The van der Waals surface area contributed by atoms with Gasteiger partial charge < -0.3 is 24.3 Å². The van der Waals surface area contributed by atoms with E-state index in [9.17, 15) is 10.1 Å². The molecule has 0 aliphatic carbocycles. The van der Waals surface area contributed by atoms with Crippen molar-refractivity contribution in [2.24, 2.45) is 0 Å². The zero-order chi connectivity index (χ0) is 18.6. The molecule has 0 radical (unpaired) electrons. The van der Waals surface area contributed by atoms with Crippen LogP contribution in [0.1, 0.15) is 18.9 Å². The van der Waals surface area contributed by atoms with Crippen molar-refractivity contribution >= 4 is 7.12 Å². The highest BCUT2D eigenvalue weighted by Crippen LogP contribution is 2.37. The molecule has 1 aromatic carbocycles. The van der Waals surface area contributed by atoms with Gasteiger partial charge in [0.05, 0.1) is 20.3 Å². The van der Waals surface area contributed by atoms with E-state index >= 15 is 0 Å². The van der Waals surface area contributed by atoms with Gasteiger partial charge in [0.2, 0.25) is 0 Å². The van der Waals surface area contributed by atoms with Crippen molar-refractivity contribution in [3.8, 4) is 22.6 Å². The number of aromatic nitrogens is 1. The van der Waals surface area contributed by atoms with Crippen LogP contribution in [0.15, 0.2) is 36.7 Å². The molecule has 1 aliphatic rings. The Labute approximate surface area is 153 Å². The number of pyridine rings is 1. The van der Waals surface area contributed by atoms with Crippen molar-refractivity contribution in [2.45, 2.75) is 25.1 Å². The Morgan fingerprint density at radius 1 is 1.23 bits per heavy atom. The lowest BCUT2D eigenvalue weighted by Crippen LogP contribution is -2.31. The third-order valence-electron chi connectivity index (χ3n) is 4.73. The summed E-state index contributed by atoms with van der Waals surface area (Å²) in [6.07, 6.45) is 4.75. The van der Waals surface area contributed by atoms with Gasteiger partial charge in [0.25, 0.3) is 0 Å². The maximum Gasteiger partial charge on any atom is 0.455 e. The van der Waals surface area contributed by atoms with Crippen molar-refractivity contribution in [1.29, 1.82) is 0 Å². The predicted molar refractivity (Wildman–Crippen MR) is 99.5 cm³/mol. The molecule has 26 heavy (non-hydrogen) atoms. The third-order valence-corrected chi connectivity index (χ3v) is 4.73. The number of benzene rings is 1. The molecule has 0 spiro atoms. The molecule has 3 rings (SSSR count). The second-order valence-electron chi connectivity index (χ2n) is 6.58. The average Bonchev–Trinajstić information content (AvgIpc) is 3.08. The summed E-state index contributed by atoms with van der Waals surface area (Å²) in [5.74, 6) is 1.37. The molecule has 2 aromatic rings. The largest absolute Gasteiger partial charge is 0.493 e. The van der Waals surface area contributed by atoms with Gasteiger partial charge in [-0.2, -0.15) is 0 Å². The summed E-state index contributed by atoms with van der Waals surface area (Å²) in [4.78, 5) is 4.34. The van der Waals surface area contributed by atoms with Crippen molar-refractivity contribution < 1.29 is 24.3 Å². The van der Waals surface area contributed by atoms with Gasteiger partial charge in [-0.25, -0.2) is 0 Å². The molecule has 0 saturated carbocycles. The van der Waals surface area contributed by atoms with Crippen LogP contribution in [0.2, 0.25) is 6.32 Å². The van der Waals surface area contributed by atoms with Gasteiger partial charge in [-0.05, 0) is 42.1 Å². The maximum atomic E-state index is 9.90. The average molecular weight is 357 g/mol. The van der Waals surface area contributed by atoms with Gasteiger partial charge in [-0.1, -0.05) is 13.0 Å². The number of aliphatic hydroxyl groups excluding tert-OH is 1. The summed E-state index contributed by atoms with van der Waals surface area (Å²) >= 11 is 0. The molecule has 0 amide bonds. The molecule has 6 nitrogen and oxygen atoms in total. The van der Waals surface area contributed by atoms with Crippen LogP contribution < -0.4 is 9.47 Å². The second-order valence-corrected chi connectivity index (χ2v) is 6.58. The van der Waals surface area contributed by atoms with Gasteiger partial charge in [0, 0.05) is 30.0 Å². The Hall–Kier alpha value is -2.09. The molecule has 1 atom stereocenters. The van der Waals surface area contributed by atoms with E-state index in [1.165, 1.54) is 0 Å². The summed E-state index contributed by atoms with van der Waals surface area (Å²) < 4.78 is 16.4. The fourth-order valence-electron chi connectivity index (χ4n) is 3.18.